The summed E-state index contributed by atoms with van der Waals surface area (Å²) in [4.78, 5) is 35.6. The van der Waals surface area contributed by atoms with E-state index in [0.29, 0.717) is 17.4 Å². The Morgan fingerprint density at radius 3 is 2.54 bits per heavy atom. The first kappa shape index (κ1) is 20.4. The van der Waals surface area contributed by atoms with Crippen LogP contribution in [0.4, 0.5) is 0 Å². The lowest BCUT2D eigenvalue weighted by Gasteiger charge is -2.34. The van der Waals surface area contributed by atoms with Gasteiger partial charge in [-0.15, -0.1) is 0 Å². The predicted molar refractivity (Wildman–Crippen MR) is 102 cm³/mol. The number of hydrogen-bond acceptors (Lipinski definition) is 4. The fourth-order valence-corrected chi connectivity index (χ4v) is 3.35. The van der Waals surface area contributed by atoms with Crippen LogP contribution in [0, 0.1) is 11.8 Å². The minimum absolute atomic E-state index is 0.127. The van der Waals surface area contributed by atoms with Crippen LogP contribution in [-0.4, -0.2) is 37.0 Å². The van der Waals surface area contributed by atoms with Crippen molar-refractivity contribution in [3.63, 3.8) is 0 Å². The summed E-state index contributed by atoms with van der Waals surface area (Å²) < 4.78 is 5.80. The Morgan fingerprint density at radius 2 is 1.85 bits per heavy atom. The molecule has 0 spiro atoms. The molecule has 2 N–H and O–H groups in total. The van der Waals surface area contributed by atoms with E-state index >= 15 is 0 Å². The SMILES string of the molecule is C[C@@H]1[C@@H](C)CCC[C@H]1NC(=O)COC(=O)CNC(=O)c1ccc(Br)cc1. The maximum atomic E-state index is 12.0. The molecule has 0 unspecified atom stereocenters. The molecule has 1 saturated carbocycles. The summed E-state index contributed by atoms with van der Waals surface area (Å²) >= 11 is 3.29. The second kappa shape index (κ2) is 9.71. The van der Waals surface area contributed by atoms with Crippen LogP contribution in [0.5, 0.6) is 0 Å². The Bertz CT molecular complexity index is 647. The minimum Gasteiger partial charge on any atom is -0.454 e. The monoisotopic (exact) mass is 424 g/mol. The highest BCUT2D eigenvalue weighted by Gasteiger charge is 2.28. The number of ether oxygens (including phenoxy) is 1. The van der Waals surface area contributed by atoms with E-state index < -0.39 is 5.97 Å². The van der Waals surface area contributed by atoms with Gasteiger partial charge in [0.1, 0.15) is 6.54 Å². The Hall–Kier alpha value is -1.89. The molecule has 1 aromatic rings. The average Bonchev–Trinajstić information content (AvgIpc) is 2.62. The number of esters is 1. The van der Waals surface area contributed by atoms with Gasteiger partial charge in [0.25, 0.3) is 11.8 Å². The number of halogens is 1. The topological polar surface area (TPSA) is 84.5 Å². The largest absolute Gasteiger partial charge is 0.454 e. The number of nitrogens with one attached hydrogen (secondary N) is 2. The van der Waals surface area contributed by atoms with Gasteiger partial charge in [-0.1, -0.05) is 42.6 Å². The van der Waals surface area contributed by atoms with Crippen molar-refractivity contribution in [1.82, 2.24) is 10.6 Å². The maximum Gasteiger partial charge on any atom is 0.325 e. The highest BCUT2D eigenvalue weighted by molar-refractivity contribution is 9.10. The molecule has 0 bridgehead atoms. The molecule has 1 aliphatic rings. The molecule has 1 fully saturated rings. The lowest BCUT2D eigenvalue weighted by Crippen LogP contribution is -2.45. The number of carbonyl (C=O) groups excluding carboxylic acids is 3. The van der Waals surface area contributed by atoms with E-state index in [0.717, 1.165) is 17.3 Å². The molecule has 6 nitrogen and oxygen atoms in total. The second-order valence-electron chi connectivity index (χ2n) is 6.79. The molecule has 142 valence electrons. The van der Waals surface area contributed by atoms with E-state index in [2.05, 4.69) is 40.4 Å². The van der Waals surface area contributed by atoms with Gasteiger partial charge in [0.2, 0.25) is 0 Å². The fourth-order valence-electron chi connectivity index (χ4n) is 3.09. The zero-order valence-corrected chi connectivity index (χ0v) is 16.7. The van der Waals surface area contributed by atoms with Crippen LogP contribution in [-0.2, 0) is 14.3 Å². The molecule has 2 rings (SSSR count). The highest BCUT2D eigenvalue weighted by Crippen LogP contribution is 2.29. The van der Waals surface area contributed by atoms with Gasteiger partial charge < -0.3 is 15.4 Å². The third-order valence-electron chi connectivity index (χ3n) is 4.92. The van der Waals surface area contributed by atoms with Crippen LogP contribution in [0.3, 0.4) is 0 Å². The molecule has 1 aliphatic carbocycles. The summed E-state index contributed by atoms with van der Waals surface area (Å²) in [6, 6.07) is 6.90. The summed E-state index contributed by atoms with van der Waals surface area (Å²) in [5.74, 6) is -0.331. The predicted octanol–water partition coefficient (Wildman–Crippen LogP) is 2.66. The summed E-state index contributed by atoms with van der Waals surface area (Å²) in [6.07, 6.45) is 3.23. The number of carbonyl (C=O) groups is 3. The van der Waals surface area contributed by atoms with Crippen molar-refractivity contribution in [1.29, 1.82) is 0 Å². The van der Waals surface area contributed by atoms with Gasteiger partial charge in [-0.05, 0) is 42.5 Å². The minimum atomic E-state index is -0.643. The van der Waals surface area contributed by atoms with Crippen LogP contribution in [0.2, 0.25) is 0 Å². The molecule has 0 aromatic heterocycles. The molecule has 0 aliphatic heterocycles. The molecule has 26 heavy (non-hydrogen) atoms. The van der Waals surface area contributed by atoms with E-state index in [-0.39, 0.29) is 31.0 Å². The Balaban J connectivity index is 1.68. The van der Waals surface area contributed by atoms with E-state index in [1.54, 1.807) is 24.3 Å². The lowest BCUT2D eigenvalue weighted by atomic mass is 9.78. The third-order valence-corrected chi connectivity index (χ3v) is 5.45. The Labute approximate surface area is 162 Å². The first-order chi connectivity index (χ1) is 12.4. The first-order valence-corrected chi connectivity index (χ1v) is 9.65. The Morgan fingerprint density at radius 1 is 1.15 bits per heavy atom. The van der Waals surface area contributed by atoms with Crippen LogP contribution >= 0.6 is 15.9 Å². The molecular weight excluding hydrogens is 400 g/mol. The summed E-state index contributed by atoms with van der Waals surface area (Å²) in [7, 11) is 0. The molecule has 1 aromatic carbocycles. The van der Waals surface area contributed by atoms with Gasteiger partial charge in [0.15, 0.2) is 6.61 Å². The number of benzene rings is 1. The van der Waals surface area contributed by atoms with Crippen molar-refractivity contribution in [2.24, 2.45) is 11.8 Å². The Kier molecular flexibility index (Phi) is 7.63. The number of hydrogen-bond donors (Lipinski definition) is 2. The van der Waals surface area contributed by atoms with Gasteiger partial charge in [0, 0.05) is 16.1 Å². The van der Waals surface area contributed by atoms with Gasteiger partial charge in [-0.3, -0.25) is 14.4 Å². The summed E-state index contributed by atoms with van der Waals surface area (Å²) in [5.41, 5.74) is 0.444. The average molecular weight is 425 g/mol. The van der Waals surface area contributed by atoms with E-state index in [9.17, 15) is 14.4 Å². The standard InChI is InChI=1S/C19H25BrN2O4/c1-12-4-3-5-16(13(12)2)22-17(23)11-26-18(24)10-21-19(25)14-6-8-15(20)9-7-14/h6-9,12-13,16H,3-5,10-11H2,1-2H3,(H,21,25)(H,22,23)/t12-,13+,16+/m0/s1. The highest BCUT2D eigenvalue weighted by atomic mass is 79.9. The van der Waals surface area contributed by atoms with E-state index in [4.69, 9.17) is 4.74 Å². The van der Waals surface area contributed by atoms with Crippen LogP contribution in [0.1, 0.15) is 43.5 Å². The summed E-state index contributed by atoms with van der Waals surface area (Å²) in [6.45, 7) is 3.72. The van der Waals surface area contributed by atoms with Gasteiger partial charge in [-0.2, -0.15) is 0 Å². The van der Waals surface area contributed by atoms with Crippen LogP contribution < -0.4 is 10.6 Å². The second-order valence-corrected chi connectivity index (χ2v) is 7.71. The van der Waals surface area contributed by atoms with Crippen molar-refractivity contribution in [3.8, 4) is 0 Å². The van der Waals surface area contributed by atoms with Crippen LogP contribution in [0.25, 0.3) is 0 Å². The molecule has 0 radical (unpaired) electrons. The van der Waals surface area contributed by atoms with E-state index in [1.807, 2.05) is 0 Å². The van der Waals surface area contributed by atoms with Crippen molar-refractivity contribution >= 4 is 33.7 Å². The smallest absolute Gasteiger partial charge is 0.325 e. The van der Waals surface area contributed by atoms with Crippen molar-refractivity contribution in [2.75, 3.05) is 13.2 Å². The number of rotatable bonds is 6. The molecule has 7 heteroatoms. The molecule has 0 heterocycles. The first-order valence-electron chi connectivity index (χ1n) is 8.85. The van der Waals surface area contributed by atoms with Gasteiger partial charge in [-0.25, -0.2) is 0 Å². The maximum absolute atomic E-state index is 12.0. The lowest BCUT2D eigenvalue weighted by molar-refractivity contribution is -0.147. The quantitative estimate of drug-likeness (QED) is 0.687. The number of amides is 2. The van der Waals surface area contributed by atoms with E-state index in [1.165, 1.54) is 6.42 Å². The zero-order chi connectivity index (χ0) is 19.1. The fraction of sp³-hybridized carbons (Fsp3) is 0.526. The third kappa shape index (κ3) is 6.12. The molecule has 3 atom stereocenters. The molecule has 0 saturated heterocycles. The summed E-state index contributed by atoms with van der Waals surface area (Å²) in [5, 5.41) is 5.42. The van der Waals surface area contributed by atoms with Gasteiger partial charge >= 0.3 is 5.97 Å². The normalized spacial score (nSPS) is 22.3. The van der Waals surface area contributed by atoms with Crippen molar-refractivity contribution in [3.05, 3.63) is 34.3 Å². The van der Waals surface area contributed by atoms with Crippen molar-refractivity contribution < 1.29 is 19.1 Å². The van der Waals surface area contributed by atoms with Crippen LogP contribution in [0.15, 0.2) is 28.7 Å². The molecular formula is C19H25BrN2O4. The van der Waals surface area contributed by atoms with Crippen molar-refractivity contribution in [2.45, 2.75) is 39.2 Å². The van der Waals surface area contributed by atoms with Gasteiger partial charge in [0.05, 0.1) is 0 Å². The molecule has 2 amide bonds. The zero-order valence-electron chi connectivity index (χ0n) is 15.1.